The van der Waals surface area contributed by atoms with E-state index >= 15 is 0 Å². The minimum atomic E-state index is -3.11. The average Bonchev–Trinajstić information content (AvgIpc) is 2.81. The molecule has 0 bridgehead atoms. The number of rotatable bonds is 3. The molecule has 5 nitrogen and oxygen atoms in total. The number of nitrogens with one attached hydrogen (secondary N) is 1. The maximum absolute atomic E-state index is 13.3. The third-order valence-electron chi connectivity index (χ3n) is 1.82. The summed E-state index contributed by atoms with van der Waals surface area (Å²) in [6.45, 7) is 0.356. The van der Waals surface area contributed by atoms with Crippen molar-refractivity contribution in [1.82, 2.24) is 15.2 Å². The number of epoxide rings is 1. The largest absolute Gasteiger partial charge is 0.373 e. The lowest BCUT2D eigenvalue weighted by Crippen LogP contribution is -2.18. The standard InChI is InChI=1S/C7H6F2N4O/c8-7(9,1-4-3-14-4)6-11-5(2-10)12-13-6/h4H,1,3H2,(H,11,12,13). The summed E-state index contributed by atoms with van der Waals surface area (Å²) in [5, 5.41) is 13.7. The number of aromatic nitrogens is 3. The van der Waals surface area contributed by atoms with Gasteiger partial charge in [-0.3, -0.25) is 5.10 Å². The quantitative estimate of drug-likeness (QED) is 0.723. The number of hydrogen-bond donors (Lipinski definition) is 1. The first-order valence-electron chi connectivity index (χ1n) is 3.94. The molecule has 1 unspecified atom stereocenters. The van der Waals surface area contributed by atoms with E-state index in [0.29, 0.717) is 6.61 Å². The molecule has 14 heavy (non-hydrogen) atoms. The van der Waals surface area contributed by atoms with Crippen molar-refractivity contribution in [3.8, 4) is 6.07 Å². The molecule has 0 aliphatic carbocycles. The summed E-state index contributed by atoms with van der Waals surface area (Å²) >= 11 is 0. The van der Waals surface area contributed by atoms with Crippen LogP contribution in [-0.2, 0) is 10.7 Å². The normalized spacial score (nSPS) is 20.5. The van der Waals surface area contributed by atoms with Crippen molar-refractivity contribution in [3.63, 3.8) is 0 Å². The van der Waals surface area contributed by atoms with Crippen molar-refractivity contribution in [2.75, 3.05) is 6.61 Å². The minimum absolute atomic E-state index is 0.281. The van der Waals surface area contributed by atoms with Crippen LogP contribution < -0.4 is 0 Å². The highest BCUT2D eigenvalue weighted by molar-refractivity contribution is 5.10. The number of nitrogens with zero attached hydrogens (tertiary/aromatic N) is 3. The van der Waals surface area contributed by atoms with Gasteiger partial charge in [0, 0.05) is 6.42 Å². The molecule has 7 heteroatoms. The fourth-order valence-corrected chi connectivity index (χ4v) is 1.04. The Balaban J connectivity index is 2.15. The summed E-state index contributed by atoms with van der Waals surface area (Å²) in [5.41, 5.74) is 0. The molecule has 2 heterocycles. The molecule has 74 valence electrons. The van der Waals surface area contributed by atoms with Crippen LogP contribution in [-0.4, -0.2) is 27.9 Å². The fraction of sp³-hybridized carbons (Fsp3) is 0.571. The zero-order valence-corrected chi connectivity index (χ0v) is 7.00. The lowest BCUT2D eigenvalue weighted by Gasteiger charge is -2.10. The fourth-order valence-electron chi connectivity index (χ4n) is 1.04. The summed E-state index contributed by atoms with van der Waals surface area (Å²) in [6, 6.07) is 1.57. The lowest BCUT2D eigenvalue weighted by molar-refractivity contribution is -0.0283. The first-order chi connectivity index (χ1) is 6.62. The summed E-state index contributed by atoms with van der Waals surface area (Å²) in [6.07, 6.45) is -0.826. The summed E-state index contributed by atoms with van der Waals surface area (Å²) in [5.74, 6) is -3.97. The molecule has 0 saturated carbocycles. The first-order valence-corrected chi connectivity index (χ1v) is 3.94. The summed E-state index contributed by atoms with van der Waals surface area (Å²) < 4.78 is 31.2. The van der Waals surface area contributed by atoms with Crippen molar-refractivity contribution in [2.24, 2.45) is 0 Å². The van der Waals surface area contributed by atoms with E-state index in [1.54, 1.807) is 6.07 Å². The van der Waals surface area contributed by atoms with Crippen LogP contribution in [0.25, 0.3) is 0 Å². The molecule has 1 aliphatic rings. The van der Waals surface area contributed by atoms with Gasteiger partial charge < -0.3 is 4.74 Å². The van der Waals surface area contributed by atoms with Crippen LogP contribution in [0.3, 0.4) is 0 Å². The van der Waals surface area contributed by atoms with Crippen LogP contribution in [0.2, 0.25) is 0 Å². The molecule has 1 aromatic heterocycles. The second-order valence-electron chi connectivity index (χ2n) is 2.98. The highest BCUT2D eigenvalue weighted by Crippen LogP contribution is 2.34. The van der Waals surface area contributed by atoms with Gasteiger partial charge >= 0.3 is 5.92 Å². The molecule has 0 spiro atoms. The van der Waals surface area contributed by atoms with E-state index in [9.17, 15) is 8.78 Å². The second-order valence-corrected chi connectivity index (χ2v) is 2.98. The average molecular weight is 200 g/mol. The van der Waals surface area contributed by atoms with E-state index in [1.165, 1.54) is 0 Å². The van der Waals surface area contributed by atoms with Gasteiger partial charge in [-0.2, -0.15) is 19.0 Å². The third-order valence-corrected chi connectivity index (χ3v) is 1.82. The smallest absolute Gasteiger partial charge is 0.308 e. The lowest BCUT2D eigenvalue weighted by atomic mass is 10.2. The Kier molecular flexibility index (Phi) is 1.93. The molecule has 0 radical (unpaired) electrons. The highest BCUT2D eigenvalue weighted by atomic mass is 19.3. The molecule has 1 saturated heterocycles. The van der Waals surface area contributed by atoms with Gasteiger partial charge in [0.2, 0.25) is 0 Å². The molecule has 0 amide bonds. The van der Waals surface area contributed by atoms with Crippen LogP contribution in [0, 0.1) is 11.3 Å². The Morgan fingerprint density at radius 1 is 1.71 bits per heavy atom. The predicted molar refractivity (Wildman–Crippen MR) is 39.3 cm³/mol. The molecule has 1 aromatic rings. The van der Waals surface area contributed by atoms with Crippen LogP contribution >= 0.6 is 0 Å². The van der Waals surface area contributed by atoms with Gasteiger partial charge in [0.25, 0.3) is 5.82 Å². The van der Waals surface area contributed by atoms with Crippen molar-refractivity contribution in [1.29, 1.82) is 5.26 Å². The van der Waals surface area contributed by atoms with E-state index in [0.717, 1.165) is 0 Å². The monoisotopic (exact) mass is 200 g/mol. The van der Waals surface area contributed by atoms with Crippen molar-refractivity contribution < 1.29 is 13.5 Å². The Morgan fingerprint density at radius 2 is 2.43 bits per heavy atom. The van der Waals surface area contributed by atoms with Gasteiger partial charge in [0.15, 0.2) is 5.82 Å². The number of halogens is 2. The molecule has 1 aliphatic heterocycles. The van der Waals surface area contributed by atoms with E-state index in [1.807, 2.05) is 5.10 Å². The van der Waals surface area contributed by atoms with Gasteiger partial charge in [-0.25, -0.2) is 0 Å². The number of nitriles is 1. The molecule has 0 aromatic carbocycles. The maximum Gasteiger partial charge on any atom is 0.308 e. The first kappa shape index (κ1) is 9.02. The van der Waals surface area contributed by atoms with E-state index in [4.69, 9.17) is 10.00 Å². The second kappa shape index (κ2) is 2.99. The van der Waals surface area contributed by atoms with E-state index in [-0.39, 0.29) is 5.82 Å². The topological polar surface area (TPSA) is 77.9 Å². The van der Waals surface area contributed by atoms with Gasteiger partial charge in [-0.05, 0) is 0 Å². The number of alkyl halides is 2. The van der Waals surface area contributed by atoms with E-state index in [2.05, 4.69) is 10.1 Å². The molecule has 1 N–H and O–H groups in total. The van der Waals surface area contributed by atoms with E-state index < -0.39 is 24.3 Å². The van der Waals surface area contributed by atoms with Crippen molar-refractivity contribution in [2.45, 2.75) is 18.4 Å². The molecular weight excluding hydrogens is 194 g/mol. The number of H-pyrrole nitrogens is 1. The SMILES string of the molecule is N#Cc1n[nH]c(C(F)(F)CC2CO2)n1. The van der Waals surface area contributed by atoms with Gasteiger partial charge in [-0.15, -0.1) is 5.10 Å². The van der Waals surface area contributed by atoms with Crippen LogP contribution in [0.5, 0.6) is 0 Å². The Bertz CT molecular complexity index is 379. The Hall–Kier alpha value is -1.55. The van der Waals surface area contributed by atoms with Crippen LogP contribution in [0.4, 0.5) is 8.78 Å². The van der Waals surface area contributed by atoms with Gasteiger partial charge in [0.05, 0.1) is 12.7 Å². The molecule has 1 fully saturated rings. The zero-order valence-electron chi connectivity index (χ0n) is 7.00. The molecular formula is C7H6F2N4O. The molecule has 2 rings (SSSR count). The molecule has 1 atom stereocenters. The van der Waals surface area contributed by atoms with Crippen molar-refractivity contribution >= 4 is 0 Å². The third kappa shape index (κ3) is 1.70. The summed E-state index contributed by atoms with van der Waals surface area (Å²) in [7, 11) is 0. The number of ether oxygens (including phenoxy) is 1. The Morgan fingerprint density at radius 3 is 2.93 bits per heavy atom. The number of hydrogen-bond acceptors (Lipinski definition) is 4. The van der Waals surface area contributed by atoms with Crippen LogP contribution in [0.1, 0.15) is 18.1 Å². The maximum atomic E-state index is 13.3. The predicted octanol–water partition coefficient (Wildman–Crippen LogP) is 0.557. The summed E-state index contributed by atoms with van der Waals surface area (Å²) in [4.78, 5) is 3.35. The zero-order chi connectivity index (χ0) is 10.2. The van der Waals surface area contributed by atoms with Gasteiger partial charge in [-0.1, -0.05) is 0 Å². The number of aromatic amines is 1. The highest BCUT2D eigenvalue weighted by Gasteiger charge is 2.42. The van der Waals surface area contributed by atoms with Crippen molar-refractivity contribution in [3.05, 3.63) is 11.6 Å². The van der Waals surface area contributed by atoms with Gasteiger partial charge in [0.1, 0.15) is 6.07 Å². The van der Waals surface area contributed by atoms with Crippen LogP contribution in [0.15, 0.2) is 0 Å². The minimum Gasteiger partial charge on any atom is -0.373 e. The Labute approximate surface area is 77.7 Å².